The van der Waals surface area contributed by atoms with Crippen molar-refractivity contribution in [1.82, 2.24) is 0 Å². The molecule has 10 aliphatic carbocycles. The van der Waals surface area contributed by atoms with E-state index < -0.39 is 48.7 Å². The van der Waals surface area contributed by atoms with Crippen LogP contribution in [0.3, 0.4) is 0 Å². The van der Waals surface area contributed by atoms with Crippen LogP contribution in [0.25, 0.3) is 11.1 Å². The van der Waals surface area contributed by atoms with Crippen molar-refractivity contribution < 1.29 is 128 Å². The van der Waals surface area contributed by atoms with Crippen LogP contribution in [0.5, 0.6) is 0 Å². The zero-order valence-electron chi connectivity index (χ0n) is 99.0. The molecule has 27 heteroatoms. The fraction of sp³-hybridized carbons (Fsp3) is 0.780. The van der Waals surface area contributed by atoms with Gasteiger partial charge in [-0.25, -0.2) is 0 Å². The summed E-state index contributed by atoms with van der Waals surface area (Å²) in [5, 5.41) is 0. The van der Waals surface area contributed by atoms with Gasteiger partial charge in [0.1, 0.15) is 0 Å². The Morgan fingerprint density at radius 2 is 0.607 bits per heavy atom. The number of hydrogen-bond donors (Lipinski definition) is 0. The van der Waals surface area contributed by atoms with Crippen molar-refractivity contribution in [3.8, 4) is 11.1 Å². The van der Waals surface area contributed by atoms with Crippen LogP contribution in [0.1, 0.15) is 430 Å². The number of benzene rings is 3. The Morgan fingerprint density at radius 3 is 0.960 bits per heavy atom. The first-order chi connectivity index (χ1) is 70.6. The topological polar surface area (TPSA) is 320 Å². The molecule has 0 aliphatic heterocycles. The van der Waals surface area contributed by atoms with E-state index in [1.54, 1.807) is 0 Å². The second-order valence-electron chi connectivity index (χ2n) is 48.2. The van der Waals surface area contributed by atoms with Crippen LogP contribution >= 0.6 is 0 Å². The van der Waals surface area contributed by atoms with E-state index in [1.807, 2.05) is 245 Å². The van der Waals surface area contributed by atoms with Crippen molar-refractivity contribution >= 4 is 53.7 Å². The SMILES string of the molecule is CCC(C)(C)C(=O)OCOC.CCC(C)(C)C(=O)OCOC(C)C.CCC(C)(C)C(=O)OCOC(C)c1ccccc1.CCC(C)(C)C(=O)OCOC1C2CC3CC(C2)CC1C3.CCC(C)(C)C(=O)OCOC1CC2CC1C1CCCC21.CCC(C)(C)C(=O)OCOC1CCCCC1.CCC(C)(C)C(=O)OCOC1CCCCC1.CCC(C)(C)C(=O)OCOCC1c2ccccc2-c2ccccc21.CCOCOC(=O)C(C)(C)CC. The molecule has 9 fully saturated rings. The van der Waals surface area contributed by atoms with Gasteiger partial charge in [-0.1, -0.05) is 186 Å². The molecule has 27 nitrogen and oxygen atoms in total. The van der Waals surface area contributed by atoms with Gasteiger partial charge in [-0.15, -0.1) is 0 Å². The highest BCUT2D eigenvalue weighted by Gasteiger charge is 2.55. The molecule has 6 unspecified atom stereocenters. The Bertz CT molecular complexity index is 4260. The van der Waals surface area contributed by atoms with Gasteiger partial charge in [0.25, 0.3) is 0 Å². The molecule has 0 spiro atoms. The van der Waals surface area contributed by atoms with Crippen LogP contribution in [-0.2, 0) is 128 Å². The third-order valence-electron chi connectivity index (χ3n) is 33.1. The van der Waals surface area contributed by atoms with Gasteiger partial charge < -0.3 is 85.3 Å². The van der Waals surface area contributed by atoms with Gasteiger partial charge in [0.05, 0.1) is 92.0 Å². The summed E-state index contributed by atoms with van der Waals surface area (Å²) >= 11 is 0. The number of hydrogen-bond acceptors (Lipinski definition) is 27. The number of fused-ring (bicyclic) bond motifs is 8. The molecule has 3 aromatic carbocycles. The Hall–Kier alpha value is -7.47. The fourth-order valence-corrected chi connectivity index (χ4v) is 18.8. The molecule has 150 heavy (non-hydrogen) atoms. The predicted octanol–water partition coefficient (Wildman–Crippen LogP) is 28.4. The summed E-state index contributed by atoms with van der Waals surface area (Å²) in [5.41, 5.74) is 2.50. The van der Waals surface area contributed by atoms with Crippen LogP contribution in [0.15, 0.2) is 78.9 Å². The minimum Gasteiger partial charge on any atom is -0.438 e. The lowest BCUT2D eigenvalue weighted by atomic mass is 9.55. The summed E-state index contributed by atoms with van der Waals surface area (Å²) < 4.78 is 94.8. The molecule has 0 N–H and O–H groups in total. The molecule has 0 radical (unpaired) electrons. The van der Waals surface area contributed by atoms with E-state index in [2.05, 4.69) is 53.3 Å². The second kappa shape index (κ2) is 66.8. The van der Waals surface area contributed by atoms with Crippen LogP contribution < -0.4 is 0 Å². The van der Waals surface area contributed by atoms with E-state index in [1.165, 1.54) is 132 Å². The van der Waals surface area contributed by atoms with Crippen molar-refractivity contribution in [2.45, 2.75) is 443 Å². The van der Waals surface area contributed by atoms with Crippen molar-refractivity contribution in [2.24, 2.45) is 96.1 Å². The lowest BCUT2D eigenvalue weighted by molar-refractivity contribution is -0.193. The third-order valence-corrected chi connectivity index (χ3v) is 33.1. The molecule has 6 bridgehead atoms. The van der Waals surface area contributed by atoms with E-state index in [-0.39, 0.29) is 133 Å². The van der Waals surface area contributed by atoms with E-state index >= 15 is 0 Å². The van der Waals surface area contributed by atoms with E-state index in [0.29, 0.717) is 37.6 Å². The summed E-state index contributed by atoms with van der Waals surface area (Å²) in [5.74, 6) is 5.45. The molecule has 3 aromatic rings. The van der Waals surface area contributed by atoms with Gasteiger partial charge in [0.2, 0.25) is 0 Å². The van der Waals surface area contributed by atoms with Gasteiger partial charge in [0, 0.05) is 19.6 Å². The first-order valence-corrected chi connectivity index (χ1v) is 56.8. The first-order valence-electron chi connectivity index (χ1n) is 56.8. The average molecular weight is 2110 g/mol. The monoisotopic (exact) mass is 2110 g/mol. The maximum atomic E-state index is 12.0. The molecule has 858 valence electrons. The van der Waals surface area contributed by atoms with Crippen LogP contribution in [0.2, 0.25) is 0 Å². The summed E-state index contributed by atoms with van der Waals surface area (Å²) in [6.45, 7) is 61.2. The Kier molecular flexibility index (Phi) is 60.0. The molecule has 6 atom stereocenters. The second-order valence-corrected chi connectivity index (χ2v) is 48.2. The number of methoxy groups -OCH3 is 1. The lowest BCUT2D eigenvalue weighted by Crippen LogP contribution is -2.49. The molecule has 0 aromatic heterocycles. The van der Waals surface area contributed by atoms with Crippen molar-refractivity contribution in [2.75, 3.05) is 81.5 Å². The number of ether oxygens (including phenoxy) is 18. The molecule has 0 saturated heterocycles. The highest BCUT2D eigenvalue weighted by Crippen LogP contribution is 2.60. The highest BCUT2D eigenvalue weighted by atomic mass is 16.7. The summed E-state index contributed by atoms with van der Waals surface area (Å²) in [6, 6.07) is 26.7. The molecular weight excluding hydrogens is 1910 g/mol. The molecule has 13 rings (SSSR count). The van der Waals surface area contributed by atoms with E-state index in [4.69, 9.17) is 80.5 Å². The van der Waals surface area contributed by atoms with Crippen molar-refractivity contribution in [3.63, 3.8) is 0 Å². The van der Waals surface area contributed by atoms with Crippen LogP contribution in [-0.4, -0.2) is 166 Å². The van der Waals surface area contributed by atoms with Crippen LogP contribution in [0, 0.1) is 96.1 Å². The van der Waals surface area contributed by atoms with Crippen LogP contribution in [0.4, 0.5) is 0 Å². The van der Waals surface area contributed by atoms with Gasteiger partial charge >= 0.3 is 53.7 Å². The smallest absolute Gasteiger partial charge is 0.313 e. The normalized spacial score (nSPS) is 20.8. The lowest BCUT2D eigenvalue weighted by Gasteiger charge is -2.53. The van der Waals surface area contributed by atoms with Crippen molar-refractivity contribution in [3.05, 3.63) is 95.6 Å². The molecule has 0 amide bonds. The first kappa shape index (κ1) is 135. The minimum absolute atomic E-state index is 0.00166. The Morgan fingerprint density at radius 1 is 0.293 bits per heavy atom. The Labute approximate surface area is 904 Å². The van der Waals surface area contributed by atoms with Gasteiger partial charge in [0.15, 0.2) is 61.1 Å². The summed E-state index contributed by atoms with van der Waals surface area (Å²) in [4.78, 5) is 105. The highest BCUT2D eigenvalue weighted by molar-refractivity contribution is 5.81. The quantitative estimate of drug-likeness (QED) is 0.0219. The maximum absolute atomic E-state index is 12.0. The molecule has 10 aliphatic rings. The number of rotatable bonds is 46. The summed E-state index contributed by atoms with van der Waals surface area (Å²) in [7, 11) is 1.49. The molecular formula is C123H204O27. The van der Waals surface area contributed by atoms with Crippen molar-refractivity contribution in [1.29, 1.82) is 0 Å². The van der Waals surface area contributed by atoms with Gasteiger partial charge in [-0.2, -0.15) is 0 Å². The summed E-state index contributed by atoms with van der Waals surface area (Å²) in [6.07, 6.45) is 33.9. The average Bonchev–Trinajstić information content (AvgIpc) is 1.37. The number of carbonyl (C=O) groups is 9. The van der Waals surface area contributed by atoms with Gasteiger partial charge in [-0.3, -0.25) is 43.2 Å². The standard InChI is InChI=1S/C21H24O3.2C17H28O3.C15H22O3.2C13H24O3.C10H20O3.C9H18O3.C8H16O3/c1-4-21(2,3)20(22)24-14-23-13-19-17-11-7-5-9-15(17)16-10-6-8-12-18(16)19;1-4-17(2,3)16(18)20-10-19-15-13-6-11-5-12(8-13)9-14(15)7-11;1-4-17(2,3)16(18)20-10-19-15-9-11-8-14(15)13-7-5-6-12(11)13;1-5-15(3,4)14(16)18-11-17-12(2)13-9-7-6-8-10-13;2*1-4-13(2,3)12(14)16-10-15-11-8-6-5-7-9-11;1-6-10(4,5)9(11)13-7-12-8(2)3;1-5-9(3,4)8(10)12-7-11-6-2;1-5-8(2,3)7(9)11-6-10-4/h5-12,19H,4,13-14H2,1-3H3;2*11-15H,4-10H2,1-3H3;6-10,12H,5,11H2,1-4H3;2*11H,4-10H2,1-3H3;8H,6-7H2,1-5H3;5-7H2,1-4H3;5-6H2,1-4H3. The number of carbonyl (C=O) groups excluding carboxylic acids is 9. The molecule has 9 saturated carbocycles. The Balaban J connectivity index is 0.000000355. The third kappa shape index (κ3) is 45.4. The number of esters is 9. The zero-order valence-corrected chi connectivity index (χ0v) is 99.0. The maximum Gasteiger partial charge on any atom is 0.313 e. The largest absolute Gasteiger partial charge is 0.438 e. The minimum atomic E-state index is -0.462. The fourth-order valence-electron chi connectivity index (χ4n) is 18.8. The predicted molar refractivity (Wildman–Crippen MR) is 586 cm³/mol. The van der Waals surface area contributed by atoms with Gasteiger partial charge in [-0.05, 0) is 369 Å². The zero-order chi connectivity index (χ0) is 112. The van der Waals surface area contributed by atoms with E-state index in [0.717, 1.165) is 136 Å². The molecule has 0 heterocycles. The van der Waals surface area contributed by atoms with E-state index in [9.17, 15) is 43.2 Å².